The van der Waals surface area contributed by atoms with Crippen molar-refractivity contribution in [1.82, 2.24) is 9.80 Å². The number of halogens is 1. The van der Waals surface area contributed by atoms with Gasteiger partial charge >= 0.3 is 0 Å². The predicted molar refractivity (Wildman–Crippen MR) is 143 cm³/mol. The Hall–Kier alpha value is -3.63. The third-order valence-corrected chi connectivity index (χ3v) is 6.81. The number of amides is 1. The lowest BCUT2D eigenvalue weighted by Crippen LogP contribution is -2.39. The number of aliphatic hydroxyl groups excluding tert-OH is 1. The number of ketones is 1. The van der Waals surface area contributed by atoms with Crippen LogP contribution in [-0.4, -0.2) is 86.3 Å². The van der Waals surface area contributed by atoms with E-state index >= 15 is 0 Å². The molecule has 1 N–H and O–H groups in total. The van der Waals surface area contributed by atoms with Gasteiger partial charge in [-0.05, 0) is 44.5 Å². The average molecular weight is 543 g/mol. The second-order valence-electron chi connectivity index (χ2n) is 9.69. The molecule has 210 valence electrons. The van der Waals surface area contributed by atoms with E-state index in [4.69, 9.17) is 18.9 Å². The number of carbonyl (C=O) groups excluding carboxylic acids is 2. The summed E-state index contributed by atoms with van der Waals surface area (Å²) in [6, 6.07) is 8.14. The fourth-order valence-electron chi connectivity index (χ4n) is 5.00. The zero-order valence-electron chi connectivity index (χ0n) is 22.7. The van der Waals surface area contributed by atoms with Crippen molar-refractivity contribution in [2.75, 3.05) is 53.6 Å². The fraction of sp³-hybridized carbons (Fsp3) is 0.448. The number of rotatable bonds is 10. The molecule has 1 amide bonds. The number of carbonyl (C=O) groups is 2. The second-order valence-corrected chi connectivity index (χ2v) is 9.69. The number of nitrogens with zero attached hydrogens (tertiary/aromatic N) is 2. The Kier molecular flexibility index (Phi) is 9.08. The number of hydrogen-bond acceptors (Lipinski definition) is 8. The first-order valence-corrected chi connectivity index (χ1v) is 13.0. The molecule has 2 aromatic carbocycles. The molecular formula is C29H35FN2O7. The highest BCUT2D eigenvalue weighted by atomic mass is 19.1. The molecule has 0 aliphatic carbocycles. The number of hydrogen-bond donors (Lipinski definition) is 1. The molecule has 2 aliphatic heterocycles. The van der Waals surface area contributed by atoms with E-state index in [0.717, 1.165) is 25.7 Å². The number of morpholine rings is 1. The van der Waals surface area contributed by atoms with E-state index in [2.05, 4.69) is 4.90 Å². The van der Waals surface area contributed by atoms with Crippen molar-refractivity contribution >= 4 is 17.4 Å². The lowest BCUT2D eigenvalue weighted by Gasteiger charge is -2.30. The molecule has 2 heterocycles. The van der Waals surface area contributed by atoms with E-state index < -0.39 is 29.3 Å². The monoisotopic (exact) mass is 542 g/mol. The average Bonchev–Trinajstić information content (AvgIpc) is 3.18. The third kappa shape index (κ3) is 6.02. The summed E-state index contributed by atoms with van der Waals surface area (Å²) in [5.74, 6) is -1.99. The number of para-hydroxylation sites is 1. The standard InChI is InChI=1S/C29H35FN2O7/c1-18(2)39-22-10-9-19(17-21(22)30)26(33)24-25(20-7-5-8-23(36-3)28(20)37-4)32(29(35)27(24)34)12-6-11-31-13-15-38-16-14-31/h5,7-10,17-18,25,33H,6,11-16H2,1-4H3/b26-24+/t25-/m0/s1. The maximum Gasteiger partial charge on any atom is 0.295 e. The van der Waals surface area contributed by atoms with Crippen LogP contribution in [0.2, 0.25) is 0 Å². The minimum absolute atomic E-state index is 0.0242. The van der Waals surface area contributed by atoms with Crippen LogP contribution in [-0.2, 0) is 14.3 Å². The molecule has 2 fully saturated rings. The van der Waals surface area contributed by atoms with Crippen molar-refractivity contribution in [2.24, 2.45) is 0 Å². The number of ether oxygens (including phenoxy) is 4. The Balaban J connectivity index is 1.76. The summed E-state index contributed by atoms with van der Waals surface area (Å²) in [5.41, 5.74) is 0.390. The van der Waals surface area contributed by atoms with Gasteiger partial charge in [-0.1, -0.05) is 12.1 Å². The van der Waals surface area contributed by atoms with Gasteiger partial charge in [0.1, 0.15) is 5.76 Å². The van der Waals surface area contributed by atoms with Crippen LogP contribution >= 0.6 is 0 Å². The zero-order valence-corrected chi connectivity index (χ0v) is 22.7. The smallest absolute Gasteiger partial charge is 0.295 e. The summed E-state index contributed by atoms with van der Waals surface area (Å²) in [6.07, 6.45) is 0.355. The van der Waals surface area contributed by atoms with Gasteiger partial charge in [0.2, 0.25) is 0 Å². The highest BCUT2D eigenvalue weighted by Crippen LogP contribution is 2.45. The molecule has 39 heavy (non-hydrogen) atoms. The second kappa shape index (κ2) is 12.5. The molecule has 0 bridgehead atoms. The van der Waals surface area contributed by atoms with Crippen LogP contribution in [0.1, 0.15) is 37.4 Å². The van der Waals surface area contributed by atoms with Crippen molar-refractivity contribution in [3.05, 3.63) is 58.9 Å². The van der Waals surface area contributed by atoms with Crippen molar-refractivity contribution in [3.8, 4) is 17.2 Å². The molecule has 10 heteroatoms. The van der Waals surface area contributed by atoms with E-state index in [0.29, 0.717) is 36.7 Å². The van der Waals surface area contributed by atoms with Gasteiger partial charge in [-0.2, -0.15) is 0 Å². The van der Waals surface area contributed by atoms with Gasteiger partial charge in [0.25, 0.3) is 11.7 Å². The topological polar surface area (TPSA) is 97.8 Å². The fourth-order valence-corrected chi connectivity index (χ4v) is 5.00. The van der Waals surface area contributed by atoms with Crippen molar-refractivity contribution in [2.45, 2.75) is 32.4 Å². The minimum atomic E-state index is -0.964. The summed E-state index contributed by atoms with van der Waals surface area (Å²) in [4.78, 5) is 30.4. The quantitative estimate of drug-likeness (QED) is 0.275. The van der Waals surface area contributed by atoms with Crippen LogP contribution in [0.25, 0.3) is 5.76 Å². The van der Waals surface area contributed by atoms with Gasteiger partial charge in [-0.15, -0.1) is 0 Å². The molecule has 9 nitrogen and oxygen atoms in total. The van der Waals surface area contributed by atoms with Gasteiger partial charge in [0.15, 0.2) is 23.1 Å². The molecule has 1 atom stereocenters. The molecule has 4 rings (SSSR count). The van der Waals surface area contributed by atoms with Crippen molar-refractivity contribution < 1.29 is 38.0 Å². The van der Waals surface area contributed by atoms with Crippen LogP contribution in [0.4, 0.5) is 4.39 Å². The van der Waals surface area contributed by atoms with Crippen LogP contribution < -0.4 is 14.2 Å². The number of methoxy groups -OCH3 is 2. The lowest BCUT2D eigenvalue weighted by atomic mass is 9.94. The molecule has 2 saturated heterocycles. The number of aliphatic hydroxyl groups is 1. The van der Waals surface area contributed by atoms with E-state index in [1.165, 1.54) is 31.3 Å². The molecule has 0 aromatic heterocycles. The molecule has 0 unspecified atom stereocenters. The summed E-state index contributed by atoms with van der Waals surface area (Å²) in [6.45, 7) is 7.44. The highest BCUT2D eigenvalue weighted by Gasteiger charge is 2.47. The van der Waals surface area contributed by atoms with Gasteiger partial charge in [0.05, 0.1) is 45.2 Å². The summed E-state index contributed by atoms with van der Waals surface area (Å²) >= 11 is 0. The Labute approximate surface area is 227 Å². The summed E-state index contributed by atoms with van der Waals surface area (Å²) in [5, 5.41) is 11.4. The Morgan fingerprint density at radius 2 is 1.82 bits per heavy atom. The lowest BCUT2D eigenvalue weighted by molar-refractivity contribution is -0.140. The summed E-state index contributed by atoms with van der Waals surface area (Å²) in [7, 11) is 2.96. The molecule has 2 aromatic rings. The van der Waals surface area contributed by atoms with E-state index in [1.54, 1.807) is 32.0 Å². The first kappa shape index (κ1) is 28.4. The molecule has 2 aliphatic rings. The van der Waals surface area contributed by atoms with E-state index in [-0.39, 0.29) is 29.5 Å². The van der Waals surface area contributed by atoms with Gasteiger partial charge < -0.3 is 29.0 Å². The van der Waals surface area contributed by atoms with Crippen molar-refractivity contribution in [1.29, 1.82) is 0 Å². The zero-order chi connectivity index (χ0) is 28.1. The van der Waals surface area contributed by atoms with Crippen LogP contribution in [0.3, 0.4) is 0 Å². The first-order valence-electron chi connectivity index (χ1n) is 13.0. The highest BCUT2D eigenvalue weighted by molar-refractivity contribution is 6.46. The number of Topliss-reactive ketones (excluding diaryl/α,β-unsaturated/α-hetero) is 1. The molecule has 0 saturated carbocycles. The van der Waals surface area contributed by atoms with Crippen LogP contribution in [0, 0.1) is 5.82 Å². The largest absolute Gasteiger partial charge is 0.507 e. The van der Waals surface area contributed by atoms with Crippen LogP contribution in [0.5, 0.6) is 17.2 Å². The third-order valence-electron chi connectivity index (χ3n) is 6.81. The Morgan fingerprint density at radius 1 is 1.08 bits per heavy atom. The normalized spacial score (nSPS) is 19.5. The predicted octanol–water partition coefficient (Wildman–Crippen LogP) is 3.77. The van der Waals surface area contributed by atoms with Crippen LogP contribution in [0.15, 0.2) is 42.0 Å². The molecular weight excluding hydrogens is 507 g/mol. The van der Waals surface area contributed by atoms with Crippen molar-refractivity contribution in [3.63, 3.8) is 0 Å². The molecule has 0 radical (unpaired) electrons. The van der Waals surface area contributed by atoms with Gasteiger partial charge in [-0.3, -0.25) is 14.5 Å². The van der Waals surface area contributed by atoms with Gasteiger partial charge in [0, 0.05) is 37.3 Å². The van der Waals surface area contributed by atoms with Gasteiger partial charge in [-0.25, -0.2) is 4.39 Å². The maximum atomic E-state index is 14.8. The minimum Gasteiger partial charge on any atom is -0.507 e. The summed E-state index contributed by atoms with van der Waals surface area (Å²) < 4.78 is 36.8. The maximum absolute atomic E-state index is 14.8. The Bertz CT molecular complexity index is 1240. The SMILES string of the molecule is COc1cccc([C@H]2/C(=C(\O)c3ccc(OC(C)C)c(F)c3)C(=O)C(=O)N2CCCN2CCOCC2)c1OC. The Morgan fingerprint density at radius 3 is 2.46 bits per heavy atom. The molecule has 0 spiro atoms. The van der Waals surface area contributed by atoms with E-state index in [9.17, 15) is 19.1 Å². The number of benzene rings is 2. The van der Waals surface area contributed by atoms with E-state index in [1.807, 2.05) is 0 Å². The first-order chi connectivity index (χ1) is 18.8. The number of likely N-dealkylation sites (tertiary alicyclic amines) is 1.